The number of methoxy groups -OCH3 is 1. The molecule has 0 unspecified atom stereocenters. The molecule has 0 fully saturated rings. The number of nitrogens with one attached hydrogen (secondary N) is 1. The Morgan fingerprint density at radius 2 is 2.00 bits per heavy atom. The minimum atomic E-state index is -1.56. The molecule has 39 heavy (non-hydrogen) atoms. The van der Waals surface area contributed by atoms with Gasteiger partial charge >= 0.3 is 5.97 Å². The molecule has 2 aromatic heterocycles. The third-order valence-corrected chi connectivity index (χ3v) is 6.49. The third-order valence-electron chi connectivity index (χ3n) is 6.15. The fourth-order valence-corrected chi connectivity index (χ4v) is 4.66. The molecule has 4 rings (SSSR count). The van der Waals surface area contributed by atoms with Crippen molar-refractivity contribution in [2.45, 2.75) is 45.9 Å². The van der Waals surface area contributed by atoms with Gasteiger partial charge in [0.2, 0.25) is 5.91 Å². The van der Waals surface area contributed by atoms with Crippen molar-refractivity contribution in [2.75, 3.05) is 7.11 Å². The van der Waals surface area contributed by atoms with Crippen molar-refractivity contribution in [3.63, 3.8) is 0 Å². The zero-order valence-electron chi connectivity index (χ0n) is 21.9. The fourth-order valence-electron chi connectivity index (χ4n) is 4.33. The quantitative estimate of drug-likeness (QED) is 0.292. The number of carbonyl (C=O) groups excluding carboxylic acids is 2. The van der Waals surface area contributed by atoms with Crippen LogP contribution in [0.5, 0.6) is 5.75 Å². The minimum Gasteiger partial charge on any atom is -0.487 e. The summed E-state index contributed by atoms with van der Waals surface area (Å²) in [6.45, 7) is 5.55. The van der Waals surface area contributed by atoms with Gasteiger partial charge in [0.05, 0.1) is 37.7 Å². The van der Waals surface area contributed by atoms with Crippen molar-refractivity contribution in [1.29, 1.82) is 0 Å². The molecule has 2 aromatic carbocycles. The highest BCUT2D eigenvalue weighted by atomic mass is 35.5. The van der Waals surface area contributed by atoms with Crippen LogP contribution in [-0.2, 0) is 20.9 Å². The van der Waals surface area contributed by atoms with E-state index in [2.05, 4.69) is 20.1 Å². The number of esters is 1. The number of halogens is 2. The van der Waals surface area contributed by atoms with Gasteiger partial charge in [-0.2, -0.15) is 5.10 Å². The number of amides is 1. The Morgan fingerprint density at radius 1 is 1.23 bits per heavy atom. The standard InChI is InChI=1S/C28H28ClFN4O5/c1-15-8-20(17(3)33-26(36)11-24(35)28(37)38-4)21(22(29)9-15)14-39-25-7-5-6-19-23(10-16(2)32-27(19)25)34-13-18(30)12-31-34/h5-10,12-13,17,24,35H,11,14H2,1-4H3,(H,33,36)/t17-,24+/m0/s1. The van der Waals surface area contributed by atoms with Gasteiger partial charge < -0.3 is 19.9 Å². The van der Waals surface area contributed by atoms with Gasteiger partial charge in [0, 0.05) is 21.7 Å². The van der Waals surface area contributed by atoms with Crippen LogP contribution in [0.25, 0.3) is 16.6 Å². The first-order chi connectivity index (χ1) is 18.6. The van der Waals surface area contributed by atoms with E-state index in [1.807, 2.05) is 38.1 Å². The van der Waals surface area contributed by atoms with Gasteiger partial charge in [-0.25, -0.2) is 18.9 Å². The molecular formula is C28H28ClFN4O5. The maximum Gasteiger partial charge on any atom is 0.335 e. The molecule has 0 aliphatic heterocycles. The molecule has 0 radical (unpaired) electrons. The van der Waals surface area contributed by atoms with E-state index in [1.54, 1.807) is 19.1 Å². The van der Waals surface area contributed by atoms with E-state index in [4.69, 9.17) is 16.3 Å². The summed E-state index contributed by atoms with van der Waals surface area (Å²) in [6.07, 6.45) is 0.432. The summed E-state index contributed by atoms with van der Waals surface area (Å²) in [7, 11) is 1.14. The molecule has 1 amide bonds. The van der Waals surface area contributed by atoms with Crippen LogP contribution < -0.4 is 10.1 Å². The molecule has 2 N–H and O–H groups in total. The smallest absolute Gasteiger partial charge is 0.335 e. The van der Waals surface area contributed by atoms with E-state index in [9.17, 15) is 19.1 Å². The number of fused-ring (bicyclic) bond motifs is 1. The molecule has 2 atom stereocenters. The van der Waals surface area contributed by atoms with Crippen LogP contribution in [0.15, 0.2) is 48.8 Å². The van der Waals surface area contributed by atoms with Gasteiger partial charge in [0.25, 0.3) is 0 Å². The first-order valence-corrected chi connectivity index (χ1v) is 12.5. The summed E-state index contributed by atoms with van der Waals surface area (Å²) in [5.74, 6) is -1.37. The molecule has 11 heteroatoms. The van der Waals surface area contributed by atoms with Gasteiger partial charge in [-0.1, -0.05) is 29.8 Å². The van der Waals surface area contributed by atoms with E-state index in [0.29, 0.717) is 33.2 Å². The Hall–Kier alpha value is -4.02. The molecule has 9 nitrogen and oxygen atoms in total. The predicted molar refractivity (Wildman–Crippen MR) is 143 cm³/mol. The number of para-hydroxylation sites is 1. The second kappa shape index (κ2) is 11.8. The van der Waals surface area contributed by atoms with E-state index in [0.717, 1.165) is 29.8 Å². The summed E-state index contributed by atoms with van der Waals surface area (Å²) in [5.41, 5.74) is 4.19. The minimum absolute atomic E-state index is 0.0694. The average molecular weight is 555 g/mol. The second-order valence-electron chi connectivity index (χ2n) is 9.17. The number of ether oxygens (including phenoxy) is 2. The number of carbonyl (C=O) groups is 2. The maximum atomic E-state index is 13.7. The lowest BCUT2D eigenvalue weighted by Gasteiger charge is -2.21. The lowest BCUT2D eigenvalue weighted by molar-refractivity contribution is -0.152. The normalized spacial score (nSPS) is 12.7. The van der Waals surface area contributed by atoms with Crippen molar-refractivity contribution < 1.29 is 28.6 Å². The lowest BCUT2D eigenvalue weighted by Crippen LogP contribution is -2.33. The number of pyridine rings is 1. The maximum absolute atomic E-state index is 13.7. The number of aliphatic hydroxyl groups excluding tert-OH is 1. The average Bonchev–Trinajstić information content (AvgIpc) is 3.32. The molecule has 204 valence electrons. The zero-order valence-corrected chi connectivity index (χ0v) is 22.6. The largest absolute Gasteiger partial charge is 0.487 e. The number of hydrogen-bond donors (Lipinski definition) is 2. The van der Waals surface area contributed by atoms with Crippen molar-refractivity contribution in [3.8, 4) is 11.4 Å². The highest BCUT2D eigenvalue weighted by Crippen LogP contribution is 2.32. The van der Waals surface area contributed by atoms with E-state index in [1.165, 1.54) is 10.9 Å². The number of hydrogen-bond acceptors (Lipinski definition) is 7. The first-order valence-electron chi connectivity index (χ1n) is 12.1. The monoisotopic (exact) mass is 554 g/mol. The number of nitrogens with zero attached hydrogens (tertiary/aromatic N) is 3. The van der Waals surface area contributed by atoms with Crippen LogP contribution in [0.2, 0.25) is 5.02 Å². The molecule has 2 heterocycles. The van der Waals surface area contributed by atoms with Crippen molar-refractivity contribution in [1.82, 2.24) is 20.1 Å². The molecule has 0 saturated heterocycles. The Kier molecular flexibility index (Phi) is 8.47. The molecular weight excluding hydrogens is 527 g/mol. The van der Waals surface area contributed by atoms with E-state index < -0.39 is 36.3 Å². The summed E-state index contributed by atoms with van der Waals surface area (Å²) >= 11 is 6.62. The molecule has 0 aliphatic rings. The van der Waals surface area contributed by atoms with Crippen molar-refractivity contribution in [3.05, 3.63) is 82.0 Å². The zero-order chi connectivity index (χ0) is 28.3. The van der Waals surface area contributed by atoms with Gasteiger partial charge in [-0.3, -0.25) is 4.79 Å². The second-order valence-corrected chi connectivity index (χ2v) is 9.58. The van der Waals surface area contributed by atoms with Crippen LogP contribution in [0.4, 0.5) is 4.39 Å². The summed E-state index contributed by atoms with van der Waals surface area (Å²) in [4.78, 5) is 28.6. The summed E-state index contributed by atoms with van der Waals surface area (Å²) in [6, 6.07) is 10.4. The van der Waals surface area contributed by atoms with Crippen LogP contribution in [0.3, 0.4) is 0 Å². The van der Waals surface area contributed by atoms with Gasteiger partial charge in [0.1, 0.15) is 17.9 Å². The molecule has 4 aromatic rings. The Morgan fingerprint density at radius 3 is 2.69 bits per heavy atom. The molecule has 0 aliphatic carbocycles. The highest BCUT2D eigenvalue weighted by Gasteiger charge is 2.23. The predicted octanol–water partition coefficient (Wildman–Crippen LogP) is 4.51. The fraction of sp³-hybridized carbons (Fsp3) is 0.286. The SMILES string of the molecule is COC(=O)[C@H](O)CC(=O)N[C@@H](C)c1cc(C)cc(Cl)c1COc1cccc2c(-n3cc(F)cn3)cc(C)nc12. The van der Waals surface area contributed by atoms with Crippen LogP contribution in [0, 0.1) is 19.7 Å². The molecule has 0 saturated carbocycles. The molecule has 0 spiro atoms. The van der Waals surface area contributed by atoms with Crippen LogP contribution >= 0.6 is 11.6 Å². The summed E-state index contributed by atoms with van der Waals surface area (Å²) in [5, 5.41) is 17.9. The topological polar surface area (TPSA) is 116 Å². The van der Waals surface area contributed by atoms with Gasteiger partial charge in [-0.05, 0) is 50.1 Å². The Labute approximate surface area is 229 Å². The van der Waals surface area contributed by atoms with Crippen LogP contribution in [-0.4, -0.2) is 45.0 Å². The van der Waals surface area contributed by atoms with Gasteiger partial charge in [-0.15, -0.1) is 0 Å². The number of aryl methyl sites for hydroxylation is 2. The van der Waals surface area contributed by atoms with Crippen LogP contribution in [0.1, 0.15) is 41.8 Å². The first kappa shape index (κ1) is 28.0. The van der Waals surface area contributed by atoms with Crippen molar-refractivity contribution >= 4 is 34.4 Å². The number of rotatable bonds is 9. The number of aliphatic hydroxyl groups is 1. The van der Waals surface area contributed by atoms with Gasteiger partial charge in [0.15, 0.2) is 11.9 Å². The van der Waals surface area contributed by atoms with E-state index in [-0.39, 0.29) is 6.61 Å². The Bertz CT molecular complexity index is 1540. The molecule has 0 bridgehead atoms. The number of benzene rings is 2. The number of aromatic nitrogens is 3. The Balaban J connectivity index is 1.61. The van der Waals surface area contributed by atoms with E-state index >= 15 is 0 Å². The highest BCUT2D eigenvalue weighted by molar-refractivity contribution is 6.31. The lowest BCUT2D eigenvalue weighted by atomic mass is 9.98. The third kappa shape index (κ3) is 6.35. The van der Waals surface area contributed by atoms with Crippen molar-refractivity contribution in [2.24, 2.45) is 0 Å². The summed E-state index contributed by atoms with van der Waals surface area (Å²) < 4.78 is 25.8.